The number of benzene rings is 1. The molecule has 1 heterocycles. The van der Waals surface area contributed by atoms with Crippen molar-refractivity contribution >= 4 is 11.9 Å². The fraction of sp³-hybridized carbons (Fsp3) is 0.692. The SMILES string of the molecule is CCCCCCCCCCCCC1(c2ccc(C)cc2)O[C@@H](C(=O)OC)[C@H](C(=O)OC)O1. The molecule has 0 N–H and O–H groups in total. The number of carbonyl (C=O) groups excluding carboxylic acids is 2. The summed E-state index contributed by atoms with van der Waals surface area (Å²) in [6.07, 6.45) is 10.4. The molecule has 6 heteroatoms. The van der Waals surface area contributed by atoms with Gasteiger partial charge in [-0.25, -0.2) is 9.59 Å². The minimum Gasteiger partial charge on any atom is -0.467 e. The number of carbonyl (C=O) groups is 2. The molecule has 6 nitrogen and oxygen atoms in total. The Kier molecular flexibility index (Phi) is 11.2. The van der Waals surface area contributed by atoms with Crippen molar-refractivity contribution in [2.45, 2.75) is 102 Å². The van der Waals surface area contributed by atoms with Gasteiger partial charge in [-0.2, -0.15) is 0 Å². The van der Waals surface area contributed by atoms with Gasteiger partial charge in [-0.15, -0.1) is 0 Å². The largest absolute Gasteiger partial charge is 0.467 e. The molecule has 0 amide bonds. The first-order valence-corrected chi connectivity index (χ1v) is 12.1. The predicted molar refractivity (Wildman–Crippen MR) is 123 cm³/mol. The highest BCUT2D eigenvalue weighted by Gasteiger charge is 2.55. The lowest BCUT2D eigenvalue weighted by molar-refractivity contribution is -0.199. The van der Waals surface area contributed by atoms with E-state index in [1.165, 1.54) is 59.2 Å². The van der Waals surface area contributed by atoms with E-state index in [0.717, 1.165) is 30.4 Å². The minimum atomic E-state index is -1.18. The Morgan fingerprint density at radius 1 is 0.781 bits per heavy atom. The topological polar surface area (TPSA) is 71.1 Å². The maximum absolute atomic E-state index is 12.3. The zero-order chi connectivity index (χ0) is 23.4. The molecule has 1 aliphatic heterocycles. The van der Waals surface area contributed by atoms with Crippen LogP contribution in [-0.4, -0.2) is 38.4 Å². The number of aryl methyl sites for hydroxylation is 1. The van der Waals surface area contributed by atoms with Crippen molar-refractivity contribution in [2.24, 2.45) is 0 Å². The maximum atomic E-state index is 12.3. The molecule has 1 aromatic carbocycles. The molecule has 0 spiro atoms. The van der Waals surface area contributed by atoms with Gasteiger partial charge in [0.2, 0.25) is 0 Å². The van der Waals surface area contributed by atoms with E-state index in [4.69, 9.17) is 18.9 Å². The van der Waals surface area contributed by atoms with Crippen LogP contribution in [-0.2, 0) is 34.3 Å². The molecule has 1 aliphatic rings. The number of unbranched alkanes of at least 4 members (excludes halogenated alkanes) is 9. The highest BCUT2D eigenvalue weighted by molar-refractivity contribution is 5.86. The van der Waals surface area contributed by atoms with Crippen LogP contribution in [0.3, 0.4) is 0 Å². The second-order valence-electron chi connectivity index (χ2n) is 8.67. The van der Waals surface area contributed by atoms with E-state index in [9.17, 15) is 9.59 Å². The van der Waals surface area contributed by atoms with Gasteiger partial charge in [0.05, 0.1) is 14.2 Å². The normalized spacial score (nSPS) is 19.6. The number of hydrogen-bond acceptors (Lipinski definition) is 6. The Balaban J connectivity index is 2.00. The van der Waals surface area contributed by atoms with Gasteiger partial charge in [0, 0.05) is 12.0 Å². The zero-order valence-electron chi connectivity index (χ0n) is 20.2. The molecule has 2 atom stereocenters. The van der Waals surface area contributed by atoms with E-state index in [1.807, 2.05) is 31.2 Å². The first kappa shape index (κ1) is 26.3. The molecule has 1 aromatic rings. The van der Waals surface area contributed by atoms with E-state index >= 15 is 0 Å². The number of ether oxygens (including phenoxy) is 4. The molecule has 1 saturated heterocycles. The molecule has 32 heavy (non-hydrogen) atoms. The zero-order valence-corrected chi connectivity index (χ0v) is 20.2. The first-order chi connectivity index (χ1) is 15.5. The number of methoxy groups -OCH3 is 2. The summed E-state index contributed by atoms with van der Waals surface area (Å²) < 4.78 is 22.0. The van der Waals surface area contributed by atoms with Gasteiger partial charge in [0.25, 0.3) is 0 Å². The van der Waals surface area contributed by atoms with Crippen LogP contribution in [0.25, 0.3) is 0 Å². The van der Waals surface area contributed by atoms with Crippen LogP contribution in [0.2, 0.25) is 0 Å². The average molecular weight is 449 g/mol. The van der Waals surface area contributed by atoms with Gasteiger partial charge in [-0.1, -0.05) is 94.5 Å². The second-order valence-corrected chi connectivity index (χ2v) is 8.67. The molecule has 180 valence electrons. The van der Waals surface area contributed by atoms with Crippen LogP contribution in [0.4, 0.5) is 0 Å². The monoisotopic (exact) mass is 448 g/mol. The molecule has 0 bridgehead atoms. The molecule has 0 radical (unpaired) electrons. The lowest BCUT2D eigenvalue weighted by Crippen LogP contribution is -2.38. The summed E-state index contributed by atoms with van der Waals surface area (Å²) in [5.74, 6) is -2.46. The first-order valence-electron chi connectivity index (χ1n) is 12.1. The van der Waals surface area contributed by atoms with Gasteiger partial charge in [0.15, 0.2) is 18.0 Å². The van der Waals surface area contributed by atoms with Crippen LogP contribution in [0.1, 0.15) is 88.7 Å². The van der Waals surface area contributed by atoms with E-state index in [1.54, 1.807) is 0 Å². The third-order valence-electron chi connectivity index (χ3n) is 6.13. The quantitative estimate of drug-likeness (QED) is 0.273. The fourth-order valence-electron chi connectivity index (χ4n) is 4.19. The number of hydrogen-bond donors (Lipinski definition) is 0. The summed E-state index contributed by atoms with van der Waals surface area (Å²) in [6.45, 7) is 4.24. The standard InChI is InChI=1S/C26H40O6/c1-5-6-7-8-9-10-11-12-13-14-19-26(21-17-15-20(2)16-18-21)31-22(24(27)29-3)23(32-26)25(28)30-4/h15-18,22-23H,5-14,19H2,1-4H3/t22-,23-/m1/s1. The Morgan fingerprint density at radius 3 is 1.66 bits per heavy atom. The summed E-state index contributed by atoms with van der Waals surface area (Å²) in [7, 11) is 2.54. The summed E-state index contributed by atoms with van der Waals surface area (Å²) in [5, 5.41) is 0. The molecular formula is C26H40O6. The summed E-state index contributed by atoms with van der Waals surface area (Å²) in [6, 6.07) is 7.81. The van der Waals surface area contributed by atoms with Crippen molar-refractivity contribution in [1.82, 2.24) is 0 Å². The van der Waals surface area contributed by atoms with Gasteiger partial charge >= 0.3 is 11.9 Å². The van der Waals surface area contributed by atoms with Crippen LogP contribution >= 0.6 is 0 Å². The maximum Gasteiger partial charge on any atom is 0.338 e. The van der Waals surface area contributed by atoms with Crippen molar-refractivity contribution in [3.05, 3.63) is 35.4 Å². The van der Waals surface area contributed by atoms with E-state index in [0.29, 0.717) is 6.42 Å². The van der Waals surface area contributed by atoms with Crippen molar-refractivity contribution in [3.63, 3.8) is 0 Å². The van der Waals surface area contributed by atoms with Crippen molar-refractivity contribution in [2.75, 3.05) is 14.2 Å². The molecule has 0 aromatic heterocycles. The minimum absolute atomic E-state index is 0.549. The molecular weight excluding hydrogens is 408 g/mol. The summed E-state index contributed by atoms with van der Waals surface area (Å²) >= 11 is 0. The van der Waals surface area contributed by atoms with Crippen LogP contribution in [0, 0.1) is 6.92 Å². The van der Waals surface area contributed by atoms with Gasteiger partial charge in [0.1, 0.15) is 0 Å². The molecule has 1 fully saturated rings. The second kappa shape index (κ2) is 13.6. The van der Waals surface area contributed by atoms with Crippen molar-refractivity contribution in [1.29, 1.82) is 0 Å². The predicted octanol–water partition coefficient (Wildman–Crippen LogP) is 5.59. The molecule has 0 saturated carbocycles. The highest BCUT2D eigenvalue weighted by Crippen LogP contribution is 2.42. The number of esters is 2. The Hall–Kier alpha value is -1.92. The van der Waals surface area contributed by atoms with Gasteiger partial charge in [-0.05, 0) is 13.3 Å². The number of rotatable bonds is 14. The summed E-state index contributed by atoms with van der Waals surface area (Å²) in [4.78, 5) is 24.7. The van der Waals surface area contributed by atoms with E-state index in [2.05, 4.69) is 6.92 Å². The third kappa shape index (κ3) is 7.31. The molecule has 0 aliphatic carbocycles. The average Bonchev–Trinajstić information content (AvgIpc) is 3.20. The van der Waals surface area contributed by atoms with Crippen molar-refractivity contribution in [3.8, 4) is 0 Å². The Morgan fingerprint density at radius 2 is 1.22 bits per heavy atom. The highest BCUT2D eigenvalue weighted by atomic mass is 16.8. The Bertz CT molecular complexity index is 675. The fourth-order valence-corrected chi connectivity index (χ4v) is 4.19. The van der Waals surface area contributed by atoms with Crippen LogP contribution in [0.5, 0.6) is 0 Å². The third-order valence-corrected chi connectivity index (χ3v) is 6.13. The van der Waals surface area contributed by atoms with Gasteiger partial charge in [-0.3, -0.25) is 0 Å². The Labute approximate surface area is 193 Å². The van der Waals surface area contributed by atoms with Crippen LogP contribution < -0.4 is 0 Å². The van der Waals surface area contributed by atoms with E-state index < -0.39 is 29.9 Å². The van der Waals surface area contributed by atoms with Gasteiger partial charge < -0.3 is 18.9 Å². The molecule has 2 rings (SSSR count). The lowest BCUT2D eigenvalue weighted by atomic mass is 9.97. The van der Waals surface area contributed by atoms with Crippen LogP contribution in [0.15, 0.2) is 24.3 Å². The lowest BCUT2D eigenvalue weighted by Gasteiger charge is -2.28. The molecule has 0 unspecified atom stereocenters. The van der Waals surface area contributed by atoms with E-state index in [-0.39, 0.29) is 0 Å². The summed E-state index contributed by atoms with van der Waals surface area (Å²) in [5.41, 5.74) is 1.90. The van der Waals surface area contributed by atoms with Crippen molar-refractivity contribution < 1.29 is 28.5 Å². The smallest absolute Gasteiger partial charge is 0.338 e.